The Hall–Kier alpha value is -3.52. The highest BCUT2D eigenvalue weighted by atomic mass is 15.0. The molecule has 1 N–H and O–H groups in total. The summed E-state index contributed by atoms with van der Waals surface area (Å²) >= 11 is 0. The van der Waals surface area contributed by atoms with Crippen molar-refractivity contribution in [1.82, 2.24) is 4.57 Å². The van der Waals surface area contributed by atoms with Crippen LogP contribution in [0.3, 0.4) is 0 Å². The van der Waals surface area contributed by atoms with Crippen LogP contribution in [0.4, 0.5) is 5.69 Å². The van der Waals surface area contributed by atoms with E-state index in [2.05, 4.69) is 60.5 Å². The first-order valence-corrected chi connectivity index (χ1v) is 8.43. The van der Waals surface area contributed by atoms with E-state index in [0.29, 0.717) is 0 Å². The fraction of sp³-hybridized carbons (Fsp3) is 0. The van der Waals surface area contributed by atoms with E-state index < -0.39 is 0 Å². The molecule has 2 heteroatoms. The zero-order chi connectivity index (χ0) is 18.5. The van der Waals surface area contributed by atoms with Crippen molar-refractivity contribution in [1.29, 1.82) is 0 Å². The maximum Gasteiger partial charge on any atom is 0.0561 e. The maximum absolute atomic E-state index is 4.29. The molecule has 0 aliphatic carbocycles. The number of benzene rings is 2. The van der Waals surface area contributed by atoms with Gasteiger partial charge in [-0.15, -0.1) is 0 Å². The number of anilines is 1. The van der Waals surface area contributed by atoms with Crippen LogP contribution in [-0.2, 0) is 0 Å². The Morgan fingerprint density at radius 2 is 1.73 bits per heavy atom. The van der Waals surface area contributed by atoms with Gasteiger partial charge < -0.3 is 9.88 Å². The van der Waals surface area contributed by atoms with E-state index in [1.165, 1.54) is 0 Å². The molecule has 0 aliphatic heterocycles. The number of nitrogens with one attached hydrogen (secondary N) is 1. The van der Waals surface area contributed by atoms with Crippen LogP contribution in [0.15, 0.2) is 98.3 Å². The van der Waals surface area contributed by atoms with Crippen molar-refractivity contribution >= 4 is 29.2 Å². The summed E-state index contributed by atoms with van der Waals surface area (Å²) in [5.41, 5.74) is 4.04. The van der Waals surface area contributed by atoms with Gasteiger partial charge in [-0.3, -0.25) is 0 Å². The van der Waals surface area contributed by atoms with E-state index in [0.717, 1.165) is 38.5 Å². The average molecular weight is 338 g/mol. The van der Waals surface area contributed by atoms with E-state index in [4.69, 9.17) is 0 Å². The van der Waals surface area contributed by atoms with Crippen LogP contribution in [-0.4, -0.2) is 4.57 Å². The summed E-state index contributed by atoms with van der Waals surface area (Å²) in [6.07, 6.45) is 9.18. The highest BCUT2D eigenvalue weighted by Gasteiger charge is 2.09. The minimum atomic E-state index is 0.893. The number of aromatic nitrogens is 1. The maximum atomic E-state index is 4.29. The Morgan fingerprint density at radius 1 is 0.962 bits per heavy atom. The third-order valence-electron chi connectivity index (χ3n) is 4.21. The van der Waals surface area contributed by atoms with Gasteiger partial charge in [-0.05, 0) is 42.5 Å². The second-order valence-corrected chi connectivity index (χ2v) is 5.86. The predicted molar refractivity (Wildman–Crippen MR) is 115 cm³/mol. The number of nitrogens with zero attached hydrogens (tertiary/aromatic N) is 1. The van der Waals surface area contributed by atoms with Gasteiger partial charge in [-0.2, -0.15) is 0 Å². The molecule has 0 aliphatic rings. The first-order chi connectivity index (χ1) is 12.7. The van der Waals surface area contributed by atoms with Gasteiger partial charge in [-0.25, -0.2) is 0 Å². The predicted octanol–water partition coefficient (Wildman–Crippen LogP) is 4.68. The number of hydrogen-bond donors (Lipinski definition) is 1. The highest BCUT2D eigenvalue weighted by molar-refractivity contribution is 5.86. The van der Waals surface area contributed by atoms with Crippen LogP contribution >= 0.6 is 0 Å². The van der Waals surface area contributed by atoms with E-state index in [1.807, 2.05) is 36.4 Å². The minimum Gasteiger partial charge on any atom is -0.355 e. The van der Waals surface area contributed by atoms with Crippen molar-refractivity contribution in [3.05, 3.63) is 109 Å². The summed E-state index contributed by atoms with van der Waals surface area (Å²) in [5, 5.41) is 6.50. The fourth-order valence-electron chi connectivity index (χ4n) is 3.05. The molecule has 2 nitrogen and oxygen atoms in total. The highest BCUT2D eigenvalue weighted by Crippen LogP contribution is 2.20. The van der Waals surface area contributed by atoms with Crippen molar-refractivity contribution in [3.8, 4) is 5.69 Å². The van der Waals surface area contributed by atoms with Gasteiger partial charge in [0.1, 0.15) is 0 Å². The van der Waals surface area contributed by atoms with E-state index in [1.54, 1.807) is 18.2 Å². The number of allylic oxidation sites excluding steroid dienone is 4. The molecule has 0 unspecified atom stereocenters. The zero-order valence-corrected chi connectivity index (χ0v) is 14.8. The molecular weight excluding hydrogens is 316 g/mol. The molecule has 0 spiro atoms. The summed E-state index contributed by atoms with van der Waals surface area (Å²) in [7, 11) is 0. The molecule has 0 bridgehead atoms. The monoisotopic (exact) mass is 338 g/mol. The largest absolute Gasteiger partial charge is 0.355 e. The summed E-state index contributed by atoms with van der Waals surface area (Å²) in [6.45, 7) is 15.7. The van der Waals surface area contributed by atoms with Crippen LogP contribution in [0.5, 0.6) is 0 Å². The zero-order valence-electron chi connectivity index (χ0n) is 14.8. The Balaban J connectivity index is 2.29. The number of para-hydroxylation sites is 1. The Kier molecular flexibility index (Phi) is 5.04. The lowest BCUT2D eigenvalue weighted by atomic mass is 10.2. The van der Waals surface area contributed by atoms with Crippen molar-refractivity contribution in [2.75, 3.05) is 5.32 Å². The van der Waals surface area contributed by atoms with Gasteiger partial charge in [0, 0.05) is 27.7 Å². The van der Waals surface area contributed by atoms with Crippen molar-refractivity contribution in [2.45, 2.75) is 0 Å². The van der Waals surface area contributed by atoms with Crippen LogP contribution < -0.4 is 15.9 Å². The first-order valence-electron chi connectivity index (χ1n) is 8.43. The minimum absolute atomic E-state index is 0.893. The fourth-order valence-corrected chi connectivity index (χ4v) is 3.05. The molecule has 3 rings (SSSR count). The van der Waals surface area contributed by atoms with Gasteiger partial charge in [0.25, 0.3) is 0 Å². The van der Waals surface area contributed by atoms with Crippen LogP contribution in [0.2, 0.25) is 0 Å². The number of fused-ring (bicyclic) bond motifs is 1. The molecule has 1 heterocycles. The standard InChI is InChI=1S/C24H22N2/c1-5-11-19(7-3)25-20-15-16-22-18(4)23(12-6-2)26(24(22)17-20)21-13-9-8-10-14-21/h5-17,25H,1-4H2/b19-11+,23-12+. The molecule has 1 aromatic heterocycles. The second kappa shape index (κ2) is 7.58. The molecule has 0 atom stereocenters. The Labute approximate surface area is 154 Å². The van der Waals surface area contributed by atoms with Crippen molar-refractivity contribution < 1.29 is 0 Å². The summed E-state index contributed by atoms with van der Waals surface area (Å²) in [5.74, 6) is 0. The van der Waals surface area contributed by atoms with E-state index in [-0.39, 0.29) is 0 Å². The van der Waals surface area contributed by atoms with Gasteiger partial charge in [-0.1, -0.05) is 62.7 Å². The normalized spacial score (nSPS) is 12.2. The molecule has 0 saturated heterocycles. The SMILES string of the molecule is C=C/C=C(\C=C)Nc1ccc2c(=C)/c(=C\C=C)n(-c3ccccc3)c2c1. The smallest absolute Gasteiger partial charge is 0.0561 e. The van der Waals surface area contributed by atoms with Gasteiger partial charge >= 0.3 is 0 Å². The van der Waals surface area contributed by atoms with E-state index in [9.17, 15) is 0 Å². The number of hydrogen-bond acceptors (Lipinski definition) is 1. The average Bonchev–Trinajstić information content (AvgIpc) is 2.94. The van der Waals surface area contributed by atoms with Crippen LogP contribution in [0.1, 0.15) is 0 Å². The molecule has 0 fully saturated rings. The molecule has 3 aromatic rings. The Morgan fingerprint density at radius 3 is 2.38 bits per heavy atom. The lowest BCUT2D eigenvalue weighted by Crippen LogP contribution is -2.26. The Bertz CT molecular complexity index is 1110. The van der Waals surface area contributed by atoms with Gasteiger partial charge in [0.15, 0.2) is 0 Å². The molecule has 128 valence electrons. The summed E-state index contributed by atoms with van der Waals surface area (Å²) in [4.78, 5) is 0. The summed E-state index contributed by atoms with van der Waals surface area (Å²) in [6, 6.07) is 16.5. The molecule has 0 radical (unpaired) electrons. The van der Waals surface area contributed by atoms with Crippen molar-refractivity contribution in [3.63, 3.8) is 0 Å². The molecule has 26 heavy (non-hydrogen) atoms. The van der Waals surface area contributed by atoms with Gasteiger partial charge in [0.2, 0.25) is 0 Å². The molecule has 2 aromatic carbocycles. The number of rotatable bonds is 6. The van der Waals surface area contributed by atoms with Crippen LogP contribution in [0, 0.1) is 0 Å². The van der Waals surface area contributed by atoms with E-state index >= 15 is 0 Å². The summed E-state index contributed by atoms with van der Waals surface area (Å²) < 4.78 is 2.20. The third kappa shape index (κ3) is 3.17. The van der Waals surface area contributed by atoms with Crippen LogP contribution in [0.25, 0.3) is 29.2 Å². The first kappa shape index (κ1) is 17.3. The van der Waals surface area contributed by atoms with Gasteiger partial charge in [0.05, 0.1) is 10.9 Å². The molecule has 0 amide bonds. The van der Waals surface area contributed by atoms with Crippen molar-refractivity contribution in [2.24, 2.45) is 0 Å². The molecule has 0 saturated carbocycles. The second-order valence-electron chi connectivity index (χ2n) is 5.86. The lowest BCUT2D eigenvalue weighted by molar-refractivity contribution is 1.07. The lowest BCUT2D eigenvalue weighted by Gasteiger charge is -2.10. The molecular formula is C24H22N2. The third-order valence-corrected chi connectivity index (χ3v) is 4.21. The topological polar surface area (TPSA) is 17.0 Å². The quantitative estimate of drug-likeness (QED) is 0.646.